The van der Waals surface area contributed by atoms with E-state index < -0.39 is 0 Å². The third-order valence-electron chi connectivity index (χ3n) is 3.28. The predicted molar refractivity (Wildman–Crippen MR) is 74.2 cm³/mol. The first-order valence-electron chi connectivity index (χ1n) is 6.85. The summed E-state index contributed by atoms with van der Waals surface area (Å²) in [4.78, 5) is 14.1. The summed E-state index contributed by atoms with van der Waals surface area (Å²) in [5, 5.41) is 4.49. The van der Waals surface area contributed by atoms with Gasteiger partial charge in [0.2, 0.25) is 0 Å². The molecular formula is C14H23N3O2. The van der Waals surface area contributed by atoms with Crippen molar-refractivity contribution in [1.82, 2.24) is 14.7 Å². The highest BCUT2D eigenvalue weighted by Gasteiger charge is 2.17. The summed E-state index contributed by atoms with van der Waals surface area (Å²) in [6.07, 6.45) is 1.01. The van der Waals surface area contributed by atoms with E-state index in [1.165, 1.54) is 0 Å². The van der Waals surface area contributed by atoms with E-state index in [-0.39, 0.29) is 11.0 Å². The SMILES string of the molecule is CC(C)(C)c1ccc(=O)n(CN2CCCOCC2)n1. The fourth-order valence-corrected chi connectivity index (χ4v) is 2.08. The van der Waals surface area contributed by atoms with Gasteiger partial charge in [-0.25, -0.2) is 4.68 Å². The Morgan fingerprint density at radius 1 is 1.26 bits per heavy atom. The van der Waals surface area contributed by atoms with Gasteiger partial charge in [-0.1, -0.05) is 20.8 Å². The second-order valence-electron chi connectivity index (χ2n) is 6.03. The Bertz CT molecular complexity index is 468. The summed E-state index contributed by atoms with van der Waals surface area (Å²) >= 11 is 0. The number of nitrogens with zero attached hydrogens (tertiary/aromatic N) is 3. The standard InChI is InChI=1S/C14H23N3O2/c1-14(2,3)12-5-6-13(18)17(15-12)11-16-7-4-9-19-10-8-16/h5-6H,4,7-11H2,1-3H3. The Balaban J connectivity index is 2.16. The maximum absolute atomic E-state index is 11.9. The van der Waals surface area contributed by atoms with Crippen LogP contribution in [0, 0.1) is 0 Å². The van der Waals surface area contributed by atoms with Crippen molar-refractivity contribution in [2.75, 3.05) is 26.3 Å². The molecule has 0 unspecified atom stereocenters. The topological polar surface area (TPSA) is 47.4 Å². The van der Waals surface area contributed by atoms with Crippen LogP contribution in [0.25, 0.3) is 0 Å². The number of aromatic nitrogens is 2. The zero-order chi connectivity index (χ0) is 13.9. The van der Waals surface area contributed by atoms with Gasteiger partial charge in [-0.2, -0.15) is 5.10 Å². The highest BCUT2D eigenvalue weighted by Crippen LogP contribution is 2.18. The summed E-state index contributed by atoms with van der Waals surface area (Å²) in [6.45, 7) is 10.2. The van der Waals surface area contributed by atoms with Crippen molar-refractivity contribution in [1.29, 1.82) is 0 Å². The molecule has 1 aromatic heterocycles. The molecule has 106 valence electrons. The van der Waals surface area contributed by atoms with Gasteiger partial charge in [0.15, 0.2) is 0 Å². The molecule has 0 aromatic carbocycles. The van der Waals surface area contributed by atoms with Gasteiger partial charge in [-0.15, -0.1) is 0 Å². The lowest BCUT2D eigenvalue weighted by atomic mass is 9.92. The van der Waals surface area contributed by atoms with Gasteiger partial charge in [0.1, 0.15) is 0 Å². The molecule has 0 saturated carbocycles. The van der Waals surface area contributed by atoms with Crippen molar-refractivity contribution in [2.45, 2.75) is 39.3 Å². The van der Waals surface area contributed by atoms with Crippen molar-refractivity contribution in [3.05, 3.63) is 28.2 Å². The average Bonchev–Trinajstić information content (AvgIpc) is 2.59. The molecule has 2 heterocycles. The van der Waals surface area contributed by atoms with Gasteiger partial charge in [-0.3, -0.25) is 9.69 Å². The Morgan fingerprint density at radius 2 is 2.05 bits per heavy atom. The number of ether oxygens (including phenoxy) is 1. The summed E-state index contributed by atoms with van der Waals surface area (Å²) in [6, 6.07) is 3.44. The average molecular weight is 265 g/mol. The molecule has 1 aromatic rings. The van der Waals surface area contributed by atoms with Crippen LogP contribution in [-0.2, 0) is 16.8 Å². The van der Waals surface area contributed by atoms with Gasteiger partial charge >= 0.3 is 0 Å². The molecule has 5 nitrogen and oxygen atoms in total. The van der Waals surface area contributed by atoms with E-state index in [2.05, 4.69) is 30.8 Å². The van der Waals surface area contributed by atoms with Gasteiger partial charge in [0.05, 0.1) is 19.0 Å². The maximum Gasteiger partial charge on any atom is 0.267 e. The van der Waals surface area contributed by atoms with E-state index in [0.29, 0.717) is 6.67 Å². The number of hydrogen-bond donors (Lipinski definition) is 0. The second-order valence-corrected chi connectivity index (χ2v) is 6.03. The first kappa shape index (κ1) is 14.2. The first-order chi connectivity index (χ1) is 8.97. The molecule has 0 bridgehead atoms. The smallest absolute Gasteiger partial charge is 0.267 e. The molecule has 1 fully saturated rings. The van der Waals surface area contributed by atoms with E-state index in [0.717, 1.165) is 38.4 Å². The van der Waals surface area contributed by atoms with Crippen LogP contribution in [0.15, 0.2) is 16.9 Å². The summed E-state index contributed by atoms with van der Waals surface area (Å²) < 4.78 is 6.98. The summed E-state index contributed by atoms with van der Waals surface area (Å²) in [5.41, 5.74) is 0.855. The van der Waals surface area contributed by atoms with E-state index >= 15 is 0 Å². The normalized spacial score (nSPS) is 18.3. The van der Waals surface area contributed by atoms with Gasteiger partial charge < -0.3 is 4.74 Å². The molecule has 0 N–H and O–H groups in total. The first-order valence-corrected chi connectivity index (χ1v) is 6.85. The highest BCUT2D eigenvalue weighted by atomic mass is 16.5. The molecule has 0 spiro atoms. The highest BCUT2D eigenvalue weighted by molar-refractivity contribution is 5.10. The molecule has 0 radical (unpaired) electrons. The molecule has 0 aliphatic carbocycles. The quantitative estimate of drug-likeness (QED) is 0.806. The summed E-state index contributed by atoms with van der Waals surface area (Å²) in [5.74, 6) is 0. The van der Waals surface area contributed by atoms with Crippen LogP contribution in [0.4, 0.5) is 0 Å². The van der Waals surface area contributed by atoms with Crippen molar-refractivity contribution in [2.24, 2.45) is 0 Å². The fourth-order valence-electron chi connectivity index (χ4n) is 2.08. The van der Waals surface area contributed by atoms with Gasteiger partial charge in [0.25, 0.3) is 5.56 Å². The number of rotatable bonds is 2. The molecule has 0 amide bonds. The van der Waals surface area contributed by atoms with Crippen LogP contribution in [0.5, 0.6) is 0 Å². The molecule has 1 aliphatic rings. The van der Waals surface area contributed by atoms with Crippen molar-refractivity contribution < 1.29 is 4.74 Å². The van der Waals surface area contributed by atoms with Crippen LogP contribution in [0.1, 0.15) is 32.9 Å². The molecule has 1 aliphatic heterocycles. The van der Waals surface area contributed by atoms with Crippen LogP contribution < -0.4 is 5.56 Å². The van der Waals surface area contributed by atoms with Crippen LogP contribution in [-0.4, -0.2) is 41.0 Å². The largest absolute Gasteiger partial charge is 0.380 e. The van der Waals surface area contributed by atoms with E-state index in [4.69, 9.17) is 4.74 Å². The Kier molecular flexibility index (Phi) is 4.37. The van der Waals surface area contributed by atoms with E-state index in [1.54, 1.807) is 10.7 Å². The van der Waals surface area contributed by atoms with Gasteiger partial charge in [0, 0.05) is 31.2 Å². The molecule has 19 heavy (non-hydrogen) atoms. The lowest BCUT2D eigenvalue weighted by Gasteiger charge is -2.22. The molecule has 1 saturated heterocycles. The molecular weight excluding hydrogens is 242 g/mol. The maximum atomic E-state index is 11.9. The van der Waals surface area contributed by atoms with Crippen molar-refractivity contribution >= 4 is 0 Å². The minimum atomic E-state index is -0.0443. The molecule has 2 rings (SSSR count). The number of hydrogen-bond acceptors (Lipinski definition) is 4. The third-order valence-corrected chi connectivity index (χ3v) is 3.28. The third kappa shape index (κ3) is 3.88. The summed E-state index contributed by atoms with van der Waals surface area (Å²) in [7, 11) is 0. The Hall–Kier alpha value is -1.20. The monoisotopic (exact) mass is 265 g/mol. The molecule has 0 atom stereocenters. The zero-order valence-corrected chi connectivity index (χ0v) is 12.1. The fraction of sp³-hybridized carbons (Fsp3) is 0.714. The van der Waals surface area contributed by atoms with Crippen LogP contribution in [0.3, 0.4) is 0 Å². The predicted octanol–water partition coefficient (Wildman–Crippen LogP) is 1.22. The van der Waals surface area contributed by atoms with Crippen molar-refractivity contribution in [3.63, 3.8) is 0 Å². The minimum absolute atomic E-state index is 0.0434. The van der Waals surface area contributed by atoms with E-state index in [9.17, 15) is 4.79 Å². The Labute approximate surface area is 114 Å². The zero-order valence-electron chi connectivity index (χ0n) is 12.1. The minimum Gasteiger partial charge on any atom is -0.380 e. The van der Waals surface area contributed by atoms with E-state index in [1.807, 2.05) is 6.07 Å². The lowest BCUT2D eigenvalue weighted by molar-refractivity contribution is 0.133. The van der Waals surface area contributed by atoms with Crippen LogP contribution in [0.2, 0.25) is 0 Å². The van der Waals surface area contributed by atoms with Gasteiger partial charge in [-0.05, 0) is 12.5 Å². The van der Waals surface area contributed by atoms with Crippen LogP contribution >= 0.6 is 0 Å². The van der Waals surface area contributed by atoms with Crippen molar-refractivity contribution in [3.8, 4) is 0 Å². The second kappa shape index (κ2) is 5.84. The lowest BCUT2D eigenvalue weighted by Crippen LogP contribution is -2.36. The Morgan fingerprint density at radius 3 is 2.79 bits per heavy atom. The molecule has 5 heteroatoms.